The van der Waals surface area contributed by atoms with E-state index in [1.165, 1.54) is 19.3 Å². The second-order valence-corrected chi connectivity index (χ2v) is 18.3. The van der Waals surface area contributed by atoms with Gasteiger partial charge in [-0.05, 0) is 126 Å². The zero-order chi connectivity index (χ0) is 37.9. The van der Waals surface area contributed by atoms with Gasteiger partial charge in [0.1, 0.15) is 5.52 Å². The highest BCUT2D eigenvalue weighted by Crippen LogP contribution is 2.65. The van der Waals surface area contributed by atoms with Crippen molar-refractivity contribution in [2.45, 2.75) is 101 Å². The number of likely N-dealkylation sites (tertiary alicyclic amines) is 2. The van der Waals surface area contributed by atoms with E-state index in [1.807, 2.05) is 12.4 Å². The molecular formula is C44H49ClN8O3. The molecule has 11 nitrogen and oxygen atoms in total. The highest BCUT2D eigenvalue weighted by atomic mass is 35.5. The molecular weight excluding hydrogens is 724 g/mol. The number of rotatable bonds is 8. The summed E-state index contributed by atoms with van der Waals surface area (Å²) >= 11 is 6.42. The third-order valence-electron chi connectivity index (χ3n) is 14.6. The van der Waals surface area contributed by atoms with Gasteiger partial charge in [0.25, 0.3) is 5.91 Å². The SMILES string of the molecule is CNC(=O)c1cc(Nc2nc(-c3ccc4c(c3)N([C@H]3C[C@@H](N5CCCCC5)C3)C(=O)C43CCN(C(=O)C45CC(C4)C5)CC3)cc3ncn(C4CC4)c23)ccc1Cl. The molecule has 3 aliphatic heterocycles. The van der Waals surface area contributed by atoms with Crippen LogP contribution in [0.2, 0.25) is 5.02 Å². The molecule has 5 saturated carbocycles. The third kappa shape index (κ3) is 5.29. The number of nitrogens with one attached hydrogen (secondary N) is 2. The summed E-state index contributed by atoms with van der Waals surface area (Å²) in [6.45, 7) is 3.59. The van der Waals surface area contributed by atoms with Crippen LogP contribution >= 0.6 is 11.6 Å². The van der Waals surface area contributed by atoms with E-state index < -0.39 is 5.41 Å². The van der Waals surface area contributed by atoms with Crippen molar-refractivity contribution in [1.82, 2.24) is 29.7 Å². The van der Waals surface area contributed by atoms with Gasteiger partial charge in [-0.3, -0.25) is 14.4 Å². The fourth-order valence-electron chi connectivity index (χ4n) is 11.1. The Morgan fingerprint density at radius 3 is 2.36 bits per heavy atom. The molecule has 8 aliphatic rings. The van der Waals surface area contributed by atoms with Crippen molar-refractivity contribution in [3.63, 3.8) is 0 Å². The van der Waals surface area contributed by atoms with Crippen LogP contribution in [-0.2, 0) is 15.0 Å². The summed E-state index contributed by atoms with van der Waals surface area (Å²) in [4.78, 5) is 58.3. The first-order valence-electron chi connectivity index (χ1n) is 20.9. The zero-order valence-corrected chi connectivity index (χ0v) is 32.8. The van der Waals surface area contributed by atoms with E-state index in [0.29, 0.717) is 66.0 Å². The lowest BCUT2D eigenvalue weighted by Gasteiger charge is -2.61. The predicted molar refractivity (Wildman–Crippen MR) is 216 cm³/mol. The number of fused-ring (bicyclic) bond motifs is 3. The van der Waals surface area contributed by atoms with E-state index in [-0.39, 0.29) is 23.3 Å². The second kappa shape index (κ2) is 12.8. The number of halogens is 1. The monoisotopic (exact) mass is 772 g/mol. The van der Waals surface area contributed by atoms with Crippen molar-refractivity contribution in [2.75, 3.05) is 43.4 Å². The van der Waals surface area contributed by atoms with Crippen molar-refractivity contribution >= 4 is 57.5 Å². The molecule has 290 valence electrons. The van der Waals surface area contributed by atoms with Crippen LogP contribution in [0.1, 0.15) is 99.0 Å². The van der Waals surface area contributed by atoms with Gasteiger partial charge >= 0.3 is 0 Å². The van der Waals surface area contributed by atoms with Crippen LogP contribution in [0.4, 0.5) is 17.2 Å². The van der Waals surface area contributed by atoms with Crippen molar-refractivity contribution in [3.05, 3.63) is 64.9 Å². The molecule has 4 aromatic rings. The second-order valence-electron chi connectivity index (χ2n) is 17.9. The first-order valence-corrected chi connectivity index (χ1v) is 21.3. The van der Waals surface area contributed by atoms with Crippen LogP contribution in [0, 0.1) is 11.3 Å². The number of hydrogen-bond acceptors (Lipinski definition) is 7. The summed E-state index contributed by atoms with van der Waals surface area (Å²) < 4.78 is 2.21. The normalized spacial score (nSPS) is 27.8. The molecule has 5 heterocycles. The molecule has 2 bridgehead atoms. The van der Waals surface area contributed by atoms with Gasteiger partial charge in [0.15, 0.2) is 5.82 Å². The van der Waals surface area contributed by atoms with Gasteiger partial charge in [-0.1, -0.05) is 30.2 Å². The number of imidazole rings is 1. The van der Waals surface area contributed by atoms with Gasteiger partial charge in [-0.2, -0.15) is 0 Å². The Morgan fingerprint density at radius 2 is 1.66 bits per heavy atom. The van der Waals surface area contributed by atoms with Crippen LogP contribution in [0.3, 0.4) is 0 Å². The average molecular weight is 773 g/mol. The molecule has 0 unspecified atom stereocenters. The minimum atomic E-state index is -0.621. The number of nitrogens with zero attached hydrogens (tertiary/aromatic N) is 6. The molecule has 7 fully saturated rings. The molecule has 2 saturated heterocycles. The highest BCUT2D eigenvalue weighted by molar-refractivity contribution is 6.34. The Kier molecular flexibility index (Phi) is 7.92. The fraction of sp³-hybridized carbons (Fsp3) is 0.523. The Hall–Kier alpha value is -4.48. The fourth-order valence-corrected chi connectivity index (χ4v) is 11.3. The standard InChI is InChI=1S/C44H49ClN8O3/c1-46-40(54)32-18-28(6-10-34(32)45)48-39-38-36(47-25-52(38)29-7-8-29)21-35(49-39)27-5-9-33-37(17-27)53(31-19-30(20-31)50-13-3-2-4-14-50)42(56)44(33)11-15-51(16-12-44)41(55)43-22-26(23-43)24-43/h5-6,9-10,17-18,21,25-26,29-31H,2-4,7-8,11-16,19-20,22-24H2,1H3,(H,46,54)(H,48,49)/t26?,30-,31+,43?. The highest BCUT2D eigenvalue weighted by Gasteiger charge is 2.63. The third-order valence-corrected chi connectivity index (χ3v) is 15.0. The van der Waals surface area contributed by atoms with Gasteiger partial charge in [0.2, 0.25) is 11.8 Å². The van der Waals surface area contributed by atoms with E-state index in [9.17, 15) is 9.59 Å². The molecule has 0 atom stereocenters. The van der Waals surface area contributed by atoms with E-state index in [1.54, 1.807) is 19.2 Å². The maximum absolute atomic E-state index is 15.0. The number of anilines is 3. The average Bonchev–Trinajstić information content (AvgIpc) is 3.88. The molecule has 0 radical (unpaired) electrons. The van der Waals surface area contributed by atoms with E-state index in [4.69, 9.17) is 21.6 Å². The summed E-state index contributed by atoms with van der Waals surface area (Å²) in [6, 6.07) is 14.9. The summed E-state index contributed by atoms with van der Waals surface area (Å²) in [5.74, 6) is 1.69. The van der Waals surface area contributed by atoms with Gasteiger partial charge in [0, 0.05) is 55.2 Å². The summed E-state index contributed by atoms with van der Waals surface area (Å²) in [6.07, 6.45) is 14.4. The van der Waals surface area contributed by atoms with Crippen LogP contribution in [0.5, 0.6) is 0 Å². The quantitative estimate of drug-likeness (QED) is 0.195. The van der Waals surface area contributed by atoms with Gasteiger partial charge in [0.05, 0.1) is 39.0 Å². The number of pyridine rings is 1. The lowest BCUT2D eigenvalue weighted by atomic mass is 9.44. The minimum Gasteiger partial charge on any atom is -0.355 e. The van der Waals surface area contributed by atoms with Crippen LogP contribution in [-0.4, -0.2) is 87.4 Å². The molecule has 12 rings (SSSR count). The molecule has 2 N–H and O–H groups in total. The molecule has 1 spiro atoms. The molecule has 2 aromatic carbocycles. The smallest absolute Gasteiger partial charge is 0.252 e. The van der Waals surface area contributed by atoms with Gasteiger partial charge < -0.3 is 29.9 Å². The lowest BCUT2D eigenvalue weighted by molar-refractivity contribution is -0.178. The number of piperidine rings is 2. The van der Waals surface area contributed by atoms with E-state index in [2.05, 4.69) is 54.2 Å². The maximum Gasteiger partial charge on any atom is 0.252 e. The Balaban J connectivity index is 0.954. The van der Waals surface area contributed by atoms with Crippen LogP contribution < -0.4 is 15.5 Å². The topological polar surface area (TPSA) is 116 Å². The van der Waals surface area contributed by atoms with Crippen molar-refractivity contribution in [3.8, 4) is 11.3 Å². The number of amides is 3. The van der Waals surface area contributed by atoms with Gasteiger partial charge in [-0.15, -0.1) is 0 Å². The summed E-state index contributed by atoms with van der Waals surface area (Å²) in [5, 5.41) is 6.57. The number of carbonyl (C=O) groups is 3. The Morgan fingerprint density at radius 1 is 0.893 bits per heavy atom. The predicted octanol–water partition coefficient (Wildman–Crippen LogP) is 7.21. The van der Waals surface area contributed by atoms with Crippen molar-refractivity contribution in [2.24, 2.45) is 11.3 Å². The molecule has 2 aromatic heterocycles. The molecule has 5 aliphatic carbocycles. The lowest BCUT2D eigenvalue weighted by Crippen LogP contribution is -2.63. The van der Waals surface area contributed by atoms with Crippen LogP contribution in [0.25, 0.3) is 22.3 Å². The van der Waals surface area contributed by atoms with Crippen molar-refractivity contribution in [1.29, 1.82) is 0 Å². The molecule has 3 amide bonds. The Labute approximate surface area is 332 Å². The number of benzene rings is 2. The van der Waals surface area contributed by atoms with Gasteiger partial charge in [-0.25, -0.2) is 9.97 Å². The van der Waals surface area contributed by atoms with E-state index >= 15 is 4.79 Å². The minimum absolute atomic E-state index is 0.0978. The number of hydrogen-bond donors (Lipinski definition) is 2. The first kappa shape index (κ1) is 34.7. The van der Waals surface area contributed by atoms with Crippen LogP contribution in [0.15, 0.2) is 48.8 Å². The Bertz CT molecular complexity index is 2280. The van der Waals surface area contributed by atoms with E-state index in [0.717, 1.165) is 97.5 Å². The first-order chi connectivity index (χ1) is 27.2. The zero-order valence-electron chi connectivity index (χ0n) is 32.0. The number of carbonyl (C=O) groups excluding carboxylic acids is 3. The summed E-state index contributed by atoms with van der Waals surface area (Å²) in [5.41, 5.74) is 5.90. The largest absolute Gasteiger partial charge is 0.355 e. The summed E-state index contributed by atoms with van der Waals surface area (Å²) in [7, 11) is 1.59. The number of aromatic nitrogens is 3. The maximum atomic E-state index is 15.0. The molecule has 56 heavy (non-hydrogen) atoms. The van der Waals surface area contributed by atoms with Crippen molar-refractivity contribution < 1.29 is 14.4 Å². The molecule has 12 heteroatoms.